The Morgan fingerprint density at radius 3 is 2.08 bits per heavy atom. The predicted octanol–water partition coefficient (Wildman–Crippen LogP) is 3.96. The van der Waals surface area contributed by atoms with Gasteiger partial charge in [-0.3, -0.25) is 13.9 Å². The highest BCUT2D eigenvalue weighted by Crippen LogP contribution is 2.24. The van der Waals surface area contributed by atoms with Gasteiger partial charge in [-0.2, -0.15) is 0 Å². The van der Waals surface area contributed by atoms with Gasteiger partial charge in [-0.05, 0) is 55.3 Å². The van der Waals surface area contributed by atoms with Crippen molar-refractivity contribution >= 4 is 27.5 Å². The lowest BCUT2D eigenvalue weighted by molar-refractivity contribution is -0.139. The Bertz CT molecular complexity index is 1250. The summed E-state index contributed by atoms with van der Waals surface area (Å²) >= 11 is 0. The molecule has 0 radical (unpaired) electrons. The third kappa shape index (κ3) is 6.69. The lowest BCUT2D eigenvalue weighted by atomic mass is 10.1. The number of benzene rings is 3. The zero-order valence-corrected chi connectivity index (χ0v) is 21.1. The van der Waals surface area contributed by atoms with Crippen LogP contribution in [0.3, 0.4) is 0 Å². The van der Waals surface area contributed by atoms with Crippen molar-refractivity contribution in [3.63, 3.8) is 0 Å². The van der Waals surface area contributed by atoms with Crippen LogP contribution in [-0.2, 0) is 26.2 Å². The van der Waals surface area contributed by atoms with E-state index in [1.54, 1.807) is 25.1 Å². The third-order valence-electron chi connectivity index (χ3n) is 5.64. The lowest BCUT2D eigenvalue weighted by Crippen LogP contribution is -2.51. The van der Waals surface area contributed by atoms with E-state index in [0.717, 1.165) is 28.4 Å². The van der Waals surface area contributed by atoms with Gasteiger partial charge < -0.3 is 10.2 Å². The van der Waals surface area contributed by atoms with Gasteiger partial charge in [-0.1, -0.05) is 55.5 Å². The van der Waals surface area contributed by atoms with E-state index < -0.39 is 34.3 Å². The Morgan fingerprint density at radius 2 is 1.50 bits per heavy atom. The normalized spacial score (nSPS) is 12.0. The monoisotopic (exact) mass is 511 g/mol. The van der Waals surface area contributed by atoms with E-state index in [2.05, 4.69) is 5.32 Å². The summed E-state index contributed by atoms with van der Waals surface area (Å²) < 4.78 is 41.7. The Balaban J connectivity index is 1.98. The molecule has 0 saturated carbocycles. The molecular formula is C27H30FN3O4S. The first-order chi connectivity index (χ1) is 17.2. The van der Waals surface area contributed by atoms with Crippen LogP contribution in [0.4, 0.5) is 10.1 Å². The first kappa shape index (κ1) is 26.9. The second-order valence-corrected chi connectivity index (χ2v) is 10.1. The van der Waals surface area contributed by atoms with E-state index in [9.17, 15) is 22.4 Å². The van der Waals surface area contributed by atoms with Crippen molar-refractivity contribution in [2.24, 2.45) is 0 Å². The average Bonchev–Trinajstić information content (AvgIpc) is 2.90. The molecule has 36 heavy (non-hydrogen) atoms. The van der Waals surface area contributed by atoms with Crippen molar-refractivity contribution in [1.82, 2.24) is 10.2 Å². The number of sulfonamides is 1. The molecule has 0 fully saturated rings. The fourth-order valence-electron chi connectivity index (χ4n) is 3.61. The predicted molar refractivity (Wildman–Crippen MR) is 137 cm³/mol. The standard InChI is InChI=1S/C27H30FN3O4S/c1-3-18-29-27(33)21(2)30(19-22-10-6-4-7-11-22)26(32)20-31(24-16-14-23(28)15-17-24)36(34,35)25-12-8-5-9-13-25/h4-17,21H,3,18-20H2,1-2H3,(H,29,33)/t21-/m1/s1. The minimum Gasteiger partial charge on any atom is -0.354 e. The molecular weight excluding hydrogens is 481 g/mol. The third-order valence-corrected chi connectivity index (χ3v) is 7.43. The molecule has 0 aliphatic carbocycles. The van der Waals surface area contributed by atoms with Crippen LogP contribution >= 0.6 is 0 Å². The van der Waals surface area contributed by atoms with Gasteiger partial charge >= 0.3 is 0 Å². The summed E-state index contributed by atoms with van der Waals surface area (Å²) in [7, 11) is -4.17. The van der Waals surface area contributed by atoms with Gasteiger partial charge in [0.05, 0.1) is 10.6 Å². The molecule has 0 heterocycles. The van der Waals surface area contributed by atoms with Crippen LogP contribution in [0.15, 0.2) is 89.8 Å². The number of hydrogen-bond donors (Lipinski definition) is 1. The van der Waals surface area contributed by atoms with Crippen molar-refractivity contribution in [2.75, 3.05) is 17.4 Å². The van der Waals surface area contributed by atoms with Crippen LogP contribution in [0.5, 0.6) is 0 Å². The van der Waals surface area contributed by atoms with Gasteiger partial charge in [-0.15, -0.1) is 0 Å². The molecule has 0 unspecified atom stereocenters. The zero-order valence-electron chi connectivity index (χ0n) is 20.3. The first-order valence-corrected chi connectivity index (χ1v) is 13.1. The molecule has 1 atom stereocenters. The minimum atomic E-state index is -4.17. The van der Waals surface area contributed by atoms with Crippen LogP contribution in [0, 0.1) is 5.82 Å². The quantitative estimate of drug-likeness (QED) is 0.422. The first-order valence-electron chi connectivity index (χ1n) is 11.7. The Hall–Kier alpha value is -3.72. The Kier molecular flexibility index (Phi) is 9.19. The molecule has 3 aromatic carbocycles. The van der Waals surface area contributed by atoms with Crippen LogP contribution in [-0.4, -0.2) is 44.3 Å². The van der Waals surface area contributed by atoms with Gasteiger partial charge in [0.2, 0.25) is 11.8 Å². The molecule has 2 amide bonds. The topological polar surface area (TPSA) is 86.8 Å². The largest absolute Gasteiger partial charge is 0.354 e. The second-order valence-electron chi connectivity index (χ2n) is 8.28. The van der Waals surface area contributed by atoms with Crippen LogP contribution in [0.1, 0.15) is 25.8 Å². The van der Waals surface area contributed by atoms with Crippen molar-refractivity contribution in [3.05, 3.63) is 96.3 Å². The van der Waals surface area contributed by atoms with Crippen molar-refractivity contribution in [1.29, 1.82) is 0 Å². The van der Waals surface area contributed by atoms with E-state index in [1.807, 2.05) is 37.3 Å². The number of hydrogen-bond acceptors (Lipinski definition) is 4. The summed E-state index contributed by atoms with van der Waals surface area (Å²) in [6.07, 6.45) is 0.735. The van der Waals surface area contributed by atoms with Gasteiger partial charge in [0.1, 0.15) is 18.4 Å². The highest BCUT2D eigenvalue weighted by atomic mass is 32.2. The molecule has 190 valence electrons. The fraction of sp³-hybridized carbons (Fsp3) is 0.259. The zero-order chi connectivity index (χ0) is 26.1. The summed E-state index contributed by atoms with van der Waals surface area (Å²) in [6.45, 7) is 3.54. The molecule has 0 saturated heterocycles. The summed E-state index contributed by atoms with van der Waals surface area (Å²) in [6, 6.07) is 20.9. The molecule has 0 bridgehead atoms. The maximum absolute atomic E-state index is 13.7. The maximum Gasteiger partial charge on any atom is 0.264 e. The summed E-state index contributed by atoms with van der Waals surface area (Å²) in [5.41, 5.74) is 0.927. The maximum atomic E-state index is 13.7. The fourth-order valence-corrected chi connectivity index (χ4v) is 5.05. The second kappa shape index (κ2) is 12.3. The number of anilines is 1. The smallest absolute Gasteiger partial charge is 0.264 e. The van der Waals surface area contributed by atoms with E-state index in [4.69, 9.17) is 0 Å². The van der Waals surface area contributed by atoms with Crippen LogP contribution in [0.25, 0.3) is 0 Å². The lowest BCUT2D eigenvalue weighted by Gasteiger charge is -2.32. The average molecular weight is 512 g/mol. The van der Waals surface area contributed by atoms with Crippen molar-refractivity contribution < 1.29 is 22.4 Å². The number of rotatable bonds is 11. The number of halogens is 1. The molecule has 7 nitrogen and oxygen atoms in total. The molecule has 0 aromatic heterocycles. The molecule has 3 rings (SSSR count). The van der Waals surface area contributed by atoms with Crippen LogP contribution in [0.2, 0.25) is 0 Å². The van der Waals surface area contributed by atoms with Crippen LogP contribution < -0.4 is 9.62 Å². The number of nitrogens with zero attached hydrogens (tertiary/aromatic N) is 2. The van der Waals surface area contributed by atoms with E-state index in [1.165, 1.54) is 29.2 Å². The summed E-state index contributed by atoms with van der Waals surface area (Å²) in [5, 5.41) is 2.79. The molecule has 0 aliphatic heterocycles. The van der Waals surface area contributed by atoms with Crippen molar-refractivity contribution in [3.8, 4) is 0 Å². The summed E-state index contributed by atoms with van der Waals surface area (Å²) in [5.74, 6) is -1.43. The van der Waals surface area contributed by atoms with E-state index in [-0.39, 0.29) is 23.0 Å². The van der Waals surface area contributed by atoms with Gasteiger partial charge in [0.15, 0.2) is 0 Å². The number of carbonyl (C=O) groups excluding carboxylic acids is 2. The van der Waals surface area contributed by atoms with Gasteiger partial charge in [-0.25, -0.2) is 12.8 Å². The van der Waals surface area contributed by atoms with Crippen molar-refractivity contribution in [2.45, 2.75) is 37.8 Å². The molecule has 0 aliphatic rings. The molecule has 9 heteroatoms. The highest BCUT2D eigenvalue weighted by molar-refractivity contribution is 7.92. The van der Waals surface area contributed by atoms with Gasteiger partial charge in [0.25, 0.3) is 10.0 Å². The number of nitrogens with one attached hydrogen (secondary N) is 1. The van der Waals surface area contributed by atoms with E-state index >= 15 is 0 Å². The molecule has 0 spiro atoms. The highest BCUT2D eigenvalue weighted by Gasteiger charge is 2.32. The summed E-state index contributed by atoms with van der Waals surface area (Å²) in [4.78, 5) is 27.8. The molecule has 3 aromatic rings. The Labute approximate surface area is 211 Å². The number of amides is 2. The number of carbonyl (C=O) groups is 2. The minimum absolute atomic E-state index is 0.00882. The van der Waals surface area contributed by atoms with Gasteiger partial charge in [0, 0.05) is 13.1 Å². The SMILES string of the molecule is CCCNC(=O)[C@@H](C)N(Cc1ccccc1)C(=O)CN(c1ccc(F)cc1)S(=O)(=O)c1ccccc1. The Morgan fingerprint density at radius 1 is 0.917 bits per heavy atom. The van der Waals surface area contributed by atoms with E-state index in [0.29, 0.717) is 6.54 Å². The molecule has 1 N–H and O–H groups in total.